The molecule has 0 bridgehead atoms. The number of carboxylic acid groups (broad SMARTS) is 1. The third-order valence-corrected chi connectivity index (χ3v) is 2.89. The molecule has 0 aromatic rings. The second-order valence-electron chi connectivity index (χ2n) is 4.69. The molecule has 0 spiro atoms. The molecule has 78 valence electrons. The zero-order valence-corrected chi connectivity index (χ0v) is 8.74. The van der Waals surface area contributed by atoms with Crippen LogP contribution in [0.25, 0.3) is 0 Å². The highest BCUT2D eigenvalue weighted by Gasteiger charge is 2.46. The van der Waals surface area contributed by atoms with E-state index in [1.165, 1.54) is 6.08 Å². The van der Waals surface area contributed by atoms with Crippen molar-refractivity contribution in [3.05, 3.63) is 24.0 Å². The molecule has 1 aliphatic carbocycles. The van der Waals surface area contributed by atoms with Gasteiger partial charge in [0, 0.05) is 0 Å². The van der Waals surface area contributed by atoms with E-state index in [4.69, 9.17) is 0 Å². The van der Waals surface area contributed by atoms with E-state index in [1.807, 2.05) is 20.8 Å². The Morgan fingerprint density at radius 3 is 2.36 bits per heavy atom. The van der Waals surface area contributed by atoms with Crippen molar-refractivity contribution in [3.8, 4) is 0 Å². The average molecular weight is 196 g/mol. The van der Waals surface area contributed by atoms with Crippen molar-refractivity contribution in [3.63, 3.8) is 0 Å². The van der Waals surface area contributed by atoms with Crippen LogP contribution in [0.3, 0.4) is 0 Å². The molecule has 0 aromatic carbocycles. The van der Waals surface area contributed by atoms with Crippen LogP contribution < -0.4 is 0 Å². The molecule has 0 saturated heterocycles. The van der Waals surface area contributed by atoms with Crippen molar-refractivity contribution < 1.29 is 15.0 Å². The molecular formula is C11H16O3. The molecule has 1 aliphatic rings. The molecule has 1 unspecified atom stereocenters. The number of aliphatic hydroxyl groups excluding tert-OH is 1. The largest absolute Gasteiger partial charge is 0.508 e. The SMILES string of the molecule is CC(C)(C)C1(C(=O)O)C=CC(O)=CC1. The Labute approximate surface area is 83.8 Å². The minimum atomic E-state index is -0.904. The summed E-state index contributed by atoms with van der Waals surface area (Å²) >= 11 is 0. The lowest BCUT2D eigenvalue weighted by atomic mass is 9.63. The fraction of sp³-hybridized carbons (Fsp3) is 0.545. The van der Waals surface area contributed by atoms with Gasteiger partial charge in [0.15, 0.2) is 0 Å². The number of aliphatic hydroxyl groups is 1. The van der Waals surface area contributed by atoms with Gasteiger partial charge in [-0.05, 0) is 24.0 Å². The van der Waals surface area contributed by atoms with Crippen LogP contribution in [0.2, 0.25) is 0 Å². The van der Waals surface area contributed by atoms with E-state index in [0.29, 0.717) is 6.42 Å². The van der Waals surface area contributed by atoms with Gasteiger partial charge >= 0.3 is 5.97 Å². The summed E-state index contributed by atoms with van der Waals surface area (Å²) in [6, 6.07) is 0. The molecule has 0 heterocycles. The van der Waals surface area contributed by atoms with Gasteiger partial charge in [0.25, 0.3) is 0 Å². The lowest BCUT2D eigenvalue weighted by Gasteiger charge is -2.39. The highest BCUT2D eigenvalue weighted by molar-refractivity contribution is 5.79. The highest BCUT2D eigenvalue weighted by atomic mass is 16.4. The molecule has 0 aromatic heterocycles. The number of hydrogen-bond acceptors (Lipinski definition) is 2. The Balaban J connectivity index is 3.12. The number of rotatable bonds is 1. The van der Waals surface area contributed by atoms with E-state index in [0.717, 1.165) is 0 Å². The number of allylic oxidation sites excluding steroid dienone is 2. The van der Waals surface area contributed by atoms with E-state index in [9.17, 15) is 15.0 Å². The monoisotopic (exact) mass is 196 g/mol. The summed E-state index contributed by atoms with van der Waals surface area (Å²) in [5, 5.41) is 18.4. The van der Waals surface area contributed by atoms with Crippen LogP contribution in [-0.2, 0) is 4.79 Å². The van der Waals surface area contributed by atoms with Gasteiger partial charge < -0.3 is 10.2 Å². The molecule has 1 atom stereocenters. The van der Waals surface area contributed by atoms with Crippen molar-refractivity contribution in [1.29, 1.82) is 0 Å². The predicted molar refractivity (Wildman–Crippen MR) is 54.0 cm³/mol. The first kappa shape index (κ1) is 10.8. The molecule has 0 radical (unpaired) electrons. The van der Waals surface area contributed by atoms with Crippen molar-refractivity contribution in [2.45, 2.75) is 27.2 Å². The van der Waals surface area contributed by atoms with Crippen LogP contribution in [0.4, 0.5) is 0 Å². The van der Waals surface area contributed by atoms with Gasteiger partial charge in [-0.25, -0.2) is 0 Å². The summed E-state index contributed by atoms with van der Waals surface area (Å²) in [4.78, 5) is 11.3. The van der Waals surface area contributed by atoms with Gasteiger partial charge in [0.1, 0.15) is 5.76 Å². The summed E-state index contributed by atoms with van der Waals surface area (Å²) in [7, 11) is 0. The van der Waals surface area contributed by atoms with Gasteiger partial charge in [-0.3, -0.25) is 4.79 Å². The van der Waals surface area contributed by atoms with Crippen LogP contribution in [0.15, 0.2) is 24.0 Å². The number of aliphatic carboxylic acids is 1. The molecule has 2 N–H and O–H groups in total. The Hall–Kier alpha value is -1.25. The van der Waals surface area contributed by atoms with Crippen molar-refractivity contribution in [2.75, 3.05) is 0 Å². The molecule has 14 heavy (non-hydrogen) atoms. The Kier molecular flexibility index (Phi) is 2.44. The fourth-order valence-corrected chi connectivity index (χ4v) is 1.66. The molecule has 1 rings (SSSR count). The highest BCUT2D eigenvalue weighted by Crippen LogP contribution is 2.45. The van der Waals surface area contributed by atoms with Gasteiger partial charge in [-0.1, -0.05) is 26.8 Å². The summed E-state index contributed by atoms with van der Waals surface area (Å²) < 4.78 is 0. The minimum absolute atomic E-state index is 0.145. The van der Waals surface area contributed by atoms with Crippen LogP contribution in [0, 0.1) is 10.8 Å². The molecule has 0 saturated carbocycles. The second-order valence-corrected chi connectivity index (χ2v) is 4.69. The van der Waals surface area contributed by atoms with Crippen molar-refractivity contribution in [1.82, 2.24) is 0 Å². The fourth-order valence-electron chi connectivity index (χ4n) is 1.66. The first-order valence-electron chi connectivity index (χ1n) is 4.61. The summed E-state index contributed by atoms with van der Waals surface area (Å²) in [6.07, 6.45) is 4.95. The number of hydrogen-bond donors (Lipinski definition) is 2. The topological polar surface area (TPSA) is 57.5 Å². The van der Waals surface area contributed by atoms with Gasteiger partial charge in [0.2, 0.25) is 0 Å². The molecule has 3 heteroatoms. The summed E-state index contributed by atoms with van der Waals surface area (Å²) in [5.41, 5.74) is -1.27. The smallest absolute Gasteiger partial charge is 0.314 e. The maximum absolute atomic E-state index is 11.3. The van der Waals surface area contributed by atoms with Gasteiger partial charge in [-0.2, -0.15) is 0 Å². The molecular weight excluding hydrogens is 180 g/mol. The predicted octanol–water partition coefficient (Wildman–Crippen LogP) is 2.51. The Bertz CT molecular complexity index is 307. The molecule has 0 fully saturated rings. The standard InChI is InChI=1S/C11H16O3/c1-10(2,3)11(9(13)14)6-4-8(12)5-7-11/h4-6,12H,7H2,1-3H3,(H,13,14). The molecule has 0 amide bonds. The average Bonchev–Trinajstić information content (AvgIpc) is 2.02. The third kappa shape index (κ3) is 1.54. The Morgan fingerprint density at radius 2 is 2.07 bits per heavy atom. The first-order chi connectivity index (χ1) is 6.29. The van der Waals surface area contributed by atoms with Gasteiger partial charge in [0.05, 0.1) is 5.41 Å². The third-order valence-electron chi connectivity index (χ3n) is 2.89. The van der Waals surface area contributed by atoms with Gasteiger partial charge in [-0.15, -0.1) is 0 Å². The normalized spacial score (nSPS) is 27.2. The Morgan fingerprint density at radius 1 is 1.50 bits per heavy atom. The molecule has 3 nitrogen and oxygen atoms in total. The van der Waals surface area contributed by atoms with E-state index in [2.05, 4.69) is 0 Å². The minimum Gasteiger partial charge on any atom is -0.508 e. The van der Waals surface area contributed by atoms with E-state index < -0.39 is 11.4 Å². The maximum atomic E-state index is 11.3. The van der Waals surface area contributed by atoms with E-state index in [-0.39, 0.29) is 11.2 Å². The lowest BCUT2D eigenvalue weighted by molar-refractivity contribution is -0.151. The zero-order chi connectivity index (χ0) is 11.0. The van der Waals surface area contributed by atoms with Crippen LogP contribution >= 0.6 is 0 Å². The van der Waals surface area contributed by atoms with Crippen LogP contribution in [0.1, 0.15) is 27.2 Å². The summed E-state index contributed by atoms with van der Waals surface area (Å²) in [6.45, 7) is 5.67. The quantitative estimate of drug-likeness (QED) is 0.677. The van der Waals surface area contributed by atoms with Crippen LogP contribution in [-0.4, -0.2) is 16.2 Å². The first-order valence-corrected chi connectivity index (χ1v) is 4.61. The lowest BCUT2D eigenvalue weighted by Crippen LogP contribution is -2.41. The number of carbonyl (C=O) groups is 1. The summed E-state index contributed by atoms with van der Waals surface area (Å²) in [5.74, 6) is -0.698. The van der Waals surface area contributed by atoms with Crippen LogP contribution in [0.5, 0.6) is 0 Å². The zero-order valence-electron chi connectivity index (χ0n) is 8.74. The number of carboxylic acids is 1. The van der Waals surface area contributed by atoms with E-state index >= 15 is 0 Å². The van der Waals surface area contributed by atoms with E-state index in [1.54, 1.807) is 12.2 Å². The molecule has 0 aliphatic heterocycles. The second kappa shape index (κ2) is 3.15. The van der Waals surface area contributed by atoms with Crippen molar-refractivity contribution in [2.24, 2.45) is 10.8 Å². The van der Waals surface area contributed by atoms with Crippen molar-refractivity contribution >= 4 is 5.97 Å². The maximum Gasteiger partial charge on any atom is 0.314 e.